The molecule has 0 spiro atoms. The summed E-state index contributed by atoms with van der Waals surface area (Å²) in [6.45, 7) is 1.97. The Labute approximate surface area is 172 Å². The zero-order valence-corrected chi connectivity index (χ0v) is 16.9. The van der Waals surface area contributed by atoms with Crippen LogP contribution in [0.1, 0.15) is 30.9 Å². The van der Waals surface area contributed by atoms with Crippen LogP contribution in [0.5, 0.6) is 0 Å². The molecule has 0 saturated heterocycles. The molecule has 0 bridgehead atoms. The first-order valence-corrected chi connectivity index (χ1v) is 10.5. The largest absolute Gasteiger partial charge is 0.368 e. The molecular weight excluding hydrogens is 354 g/mol. The summed E-state index contributed by atoms with van der Waals surface area (Å²) in [7, 11) is 0. The number of ketones is 1. The van der Waals surface area contributed by atoms with Gasteiger partial charge < -0.3 is 5.32 Å². The Bertz CT molecular complexity index is 1100. The van der Waals surface area contributed by atoms with Crippen LogP contribution < -0.4 is 15.8 Å². The Morgan fingerprint density at radius 2 is 1.72 bits per heavy atom. The SMILES string of the molecule is C1=CC=CNC=C1.CCC(=O)C1C=c2c(ccc3c2=CCc2ccccc2-3)CC1. The number of carbonyl (C=O) groups is 1. The lowest BCUT2D eigenvalue weighted by atomic mass is 9.83. The van der Waals surface area contributed by atoms with E-state index < -0.39 is 0 Å². The molecule has 1 unspecified atom stereocenters. The van der Waals surface area contributed by atoms with Gasteiger partial charge in [-0.25, -0.2) is 0 Å². The van der Waals surface area contributed by atoms with Crippen LogP contribution in [-0.4, -0.2) is 5.78 Å². The van der Waals surface area contributed by atoms with Crippen LogP contribution >= 0.6 is 0 Å². The lowest BCUT2D eigenvalue weighted by Crippen LogP contribution is -2.36. The molecule has 0 fully saturated rings. The second-order valence-corrected chi connectivity index (χ2v) is 7.57. The van der Waals surface area contributed by atoms with E-state index in [4.69, 9.17) is 0 Å². The van der Waals surface area contributed by atoms with Crippen molar-refractivity contribution in [3.05, 3.63) is 94.7 Å². The Balaban J connectivity index is 0.000000249. The minimum atomic E-state index is 0.106. The summed E-state index contributed by atoms with van der Waals surface area (Å²) in [4.78, 5) is 12.1. The van der Waals surface area contributed by atoms with Crippen molar-refractivity contribution >= 4 is 17.9 Å². The highest BCUT2D eigenvalue weighted by atomic mass is 16.1. The summed E-state index contributed by atoms with van der Waals surface area (Å²) in [6.07, 6.45) is 19.8. The van der Waals surface area contributed by atoms with Crippen LogP contribution in [0.25, 0.3) is 23.3 Å². The number of fused-ring (bicyclic) bond motifs is 5. The molecule has 146 valence electrons. The molecule has 3 aliphatic rings. The number of aryl methyl sites for hydroxylation is 1. The van der Waals surface area contributed by atoms with Crippen molar-refractivity contribution in [3.8, 4) is 11.1 Å². The molecule has 0 aromatic heterocycles. The second kappa shape index (κ2) is 8.91. The van der Waals surface area contributed by atoms with Gasteiger partial charge >= 0.3 is 0 Å². The number of carbonyl (C=O) groups excluding carboxylic acids is 1. The Kier molecular flexibility index (Phi) is 5.90. The predicted molar refractivity (Wildman–Crippen MR) is 121 cm³/mol. The van der Waals surface area contributed by atoms with Gasteiger partial charge in [-0.15, -0.1) is 0 Å². The number of rotatable bonds is 2. The van der Waals surface area contributed by atoms with Crippen LogP contribution in [0, 0.1) is 5.92 Å². The van der Waals surface area contributed by atoms with Crippen LogP contribution in [0.15, 0.2) is 73.1 Å². The molecule has 2 aliphatic carbocycles. The van der Waals surface area contributed by atoms with Crippen LogP contribution in [-0.2, 0) is 17.6 Å². The standard InChI is InChI=1S/C21H20O.C6H7N/c1-2-21(22)16-8-7-15-10-11-18-17-6-4-3-5-14(17)9-12-19(18)20(15)13-16;1-2-4-6-7-5-3-1/h3-6,10-13,16H,2,7-9H2,1H3;1-7H. The van der Waals surface area contributed by atoms with Crippen molar-refractivity contribution < 1.29 is 4.79 Å². The van der Waals surface area contributed by atoms with E-state index in [2.05, 4.69) is 53.9 Å². The van der Waals surface area contributed by atoms with E-state index in [1.54, 1.807) is 0 Å². The molecule has 0 saturated carbocycles. The molecule has 5 rings (SSSR count). The molecule has 1 aliphatic heterocycles. The minimum absolute atomic E-state index is 0.106. The van der Waals surface area contributed by atoms with Crippen molar-refractivity contribution in [1.82, 2.24) is 5.32 Å². The highest BCUT2D eigenvalue weighted by Crippen LogP contribution is 2.25. The number of nitrogens with one attached hydrogen (secondary N) is 1. The fourth-order valence-electron chi connectivity index (χ4n) is 4.24. The predicted octanol–water partition coefficient (Wildman–Crippen LogP) is 4.19. The zero-order chi connectivity index (χ0) is 20.1. The summed E-state index contributed by atoms with van der Waals surface area (Å²) in [5, 5.41) is 5.57. The monoisotopic (exact) mass is 381 g/mol. The highest BCUT2D eigenvalue weighted by molar-refractivity contribution is 5.86. The molecule has 2 aromatic carbocycles. The maximum atomic E-state index is 12.1. The first-order valence-electron chi connectivity index (χ1n) is 10.5. The van der Waals surface area contributed by atoms with E-state index >= 15 is 0 Å². The summed E-state index contributed by atoms with van der Waals surface area (Å²) in [6, 6.07) is 13.2. The first kappa shape index (κ1) is 19.2. The number of Topliss-reactive ketones (excluding diaryl/α,β-unsaturated/α-hetero) is 1. The van der Waals surface area contributed by atoms with Crippen molar-refractivity contribution in [2.45, 2.75) is 32.6 Å². The quantitative estimate of drug-likeness (QED) is 0.845. The topological polar surface area (TPSA) is 29.1 Å². The van der Waals surface area contributed by atoms with Gasteiger partial charge in [0.05, 0.1) is 0 Å². The second-order valence-electron chi connectivity index (χ2n) is 7.57. The molecule has 1 heterocycles. The molecular formula is C27H27NO. The average Bonchev–Trinajstić information content (AvgIpc) is 3.11. The molecule has 1 atom stereocenters. The van der Waals surface area contributed by atoms with Crippen molar-refractivity contribution in [2.24, 2.45) is 5.92 Å². The normalized spacial score (nSPS) is 17.8. The van der Waals surface area contributed by atoms with E-state index in [9.17, 15) is 4.79 Å². The third-order valence-electron chi connectivity index (χ3n) is 5.78. The van der Waals surface area contributed by atoms with Gasteiger partial charge in [0.15, 0.2) is 0 Å². The van der Waals surface area contributed by atoms with Gasteiger partial charge in [0.25, 0.3) is 0 Å². The number of hydrogen-bond acceptors (Lipinski definition) is 2. The number of benzene rings is 2. The average molecular weight is 382 g/mol. The third-order valence-corrected chi connectivity index (χ3v) is 5.78. The van der Waals surface area contributed by atoms with E-state index in [1.807, 2.05) is 43.6 Å². The zero-order valence-electron chi connectivity index (χ0n) is 16.9. The Morgan fingerprint density at radius 3 is 2.52 bits per heavy atom. The van der Waals surface area contributed by atoms with Gasteiger partial charge in [-0.3, -0.25) is 4.79 Å². The Morgan fingerprint density at radius 1 is 0.931 bits per heavy atom. The maximum absolute atomic E-state index is 12.1. The fourth-order valence-corrected chi connectivity index (χ4v) is 4.24. The van der Waals surface area contributed by atoms with Gasteiger partial charge in [-0.1, -0.05) is 67.6 Å². The fraction of sp³-hybridized carbons (Fsp3) is 0.222. The van der Waals surface area contributed by atoms with Gasteiger partial charge in [0.1, 0.15) is 5.78 Å². The van der Waals surface area contributed by atoms with Crippen LogP contribution in [0.3, 0.4) is 0 Å². The van der Waals surface area contributed by atoms with Crippen molar-refractivity contribution in [2.75, 3.05) is 0 Å². The molecule has 0 radical (unpaired) electrons. The lowest BCUT2D eigenvalue weighted by molar-refractivity contribution is -0.120. The summed E-state index contributed by atoms with van der Waals surface area (Å²) in [5.41, 5.74) is 5.46. The third kappa shape index (κ3) is 4.17. The highest BCUT2D eigenvalue weighted by Gasteiger charge is 2.20. The smallest absolute Gasteiger partial charge is 0.139 e. The molecule has 29 heavy (non-hydrogen) atoms. The van der Waals surface area contributed by atoms with E-state index in [0.29, 0.717) is 12.2 Å². The number of hydrogen-bond donors (Lipinski definition) is 1. The minimum Gasteiger partial charge on any atom is -0.368 e. The van der Waals surface area contributed by atoms with E-state index in [0.717, 1.165) is 19.3 Å². The molecule has 1 N–H and O–H groups in total. The van der Waals surface area contributed by atoms with E-state index in [1.165, 1.54) is 32.7 Å². The molecule has 0 amide bonds. The van der Waals surface area contributed by atoms with Gasteiger partial charge in [-0.05, 0) is 64.1 Å². The van der Waals surface area contributed by atoms with E-state index in [-0.39, 0.29) is 5.92 Å². The van der Waals surface area contributed by atoms with Crippen LogP contribution in [0.4, 0.5) is 0 Å². The molecule has 2 aromatic rings. The summed E-state index contributed by atoms with van der Waals surface area (Å²) < 4.78 is 0. The van der Waals surface area contributed by atoms with Crippen molar-refractivity contribution in [3.63, 3.8) is 0 Å². The van der Waals surface area contributed by atoms with Gasteiger partial charge in [-0.2, -0.15) is 0 Å². The van der Waals surface area contributed by atoms with Gasteiger partial charge in [0, 0.05) is 24.7 Å². The Hall–Kier alpha value is -3.13. The molecule has 2 nitrogen and oxygen atoms in total. The molecule has 2 heteroatoms. The van der Waals surface area contributed by atoms with Crippen molar-refractivity contribution in [1.29, 1.82) is 0 Å². The van der Waals surface area contributed by atoms with Gasteiger partial charge in [0.2, 0.25) is 0 Å². The lowest BCUT2D eigenvalue weighted by Gasteiger charge is -2.21. The summed E-state index contributed by atoms with van der Waals surface area (Å²) in [5.74, 6) is 0.481. The first-order chi connectivity index (χ1) is 14.3. The van der Waals surface area contributed by atoms with Crippen LogP contribution in [0.2, 0.25) is 0 Å². The summed E-state index contributed by atoms with van der Waals surface area (Å²) >= 11 is 0. The maximum Gasteiger partial charge on any atom is 0.139 e. The number of allylic oxidation sites excluding steroid dienone is 4.